The van der Waals surface area contributed by atoms with E-state index in [2.05, 4.69) is 24.1 Å². The van der Waals surface area contributed by atoms with E-state index in [9.17, 15) is 0 Å². The second-order valence-electron chi connectivity index (χ2n) is 5.69. The third-order valence-corrected chi connectivity index (χ3v) is 4.17. The van der Waals surface area contributed by atoms with Crippen molar-refractivity contribution in [2.75, 3.05) is 26.1 Å². The van der Waals surface area contributed by atoms with E-state index in [0.717, 1.165) is 47.2 Å². The van der Waals surface area contributed by atoms with E-state index in [-0.39, 0.29) is 0 Å². The van der Waals surface area contributed by atoms with Gasteiger partial charge in [-0.1, -0.05) is 6.92 Å². The first kappa shape index (κ1) is 17.3. The number of aromatic nitrogens is 1. The van der Waals surface area contributed by atoms with Crippen LogP contribution in [0, 0.1) is 6.92 Å². The van der Waals surface area contributed by atoms with Gasteiger partial charge >= 0.3 is 0 Å². The molecule has 0 saturated carbocycles. The van der Waals surface area contributed by atoms with Gasteiger partial charge in [-0.15, -0.1) is 0 Å². The van der Waals surface area contributed by atoms with Crippen LogP contribution in [0.4, 0.5) is 5.69 Å². The summed E-state index contributed by atoms with van der Waals surface area (Å²) in [6, 6.07) is 4.32. The summed E-state index contributed by atoms with van der Waals surface area (Å²) in [7, 11) is 3.32. The molecule has 1 atom stereocenters. The van der Waals surface area contributed by atoms with Crippen LogP contribution < -0.4 is 20.5 Å². The molecule has 2 aromatic rings. The predicted octanol–water partition coefficient (Wildman–Crippen LogP) is 3.49. The van der Waals surface area contributed by atoms with Gasteiger partial charge < -0.3 is 20.5 Å². The van der Waals surface area contributed by atoms with Crippen molar-refractivity contribution in [3.05, 3.63) is 23.9 Å². The lowest BCUT2D eigenvalue weighted by atomic mass is 10.0. The Labute approximate surface area is 138 Å². The fourth-order valence-electron chi connectivity index (χ4n) is 2.86. The first-order chi connectivity index (χ1) is 11.2. The highest BCUT2D eigenvalue weighted by atomic mass is 16.5. The van der Waals surface area contributed by atoms with Crippen LogP contribution in [0.3, 0.4) is 0 Å². The average Bonchev–Trinajstić information content (AvgIpc) is 2.58. The Morgan fingerprint density at radius 1 is 1.30 bits per heavy atom. The molecule has 1 heterocycles. The van der Waals surface area contributed by atoms with Crippen LogP contribution in [-0.2, 0) is 0 Å². The van der Waals surface area contributed by atoms with Crippen LogP contribution in [0.15, 0.2) is 18.3 Å². The van der Waals surface area contributed by atoms with Crippen LogP contribution in [0.2, 0.25) is 0 Å². The molecular weight excluding hydrogens is 290 g/mol. The minimum Gasteiger partial charge on any atom is -0.493 e. The zero-order chi connectivity index (χ0) is 16.8. The number of methoxy groups -OCH3 is 2. The summed E-state index contributed by atoms with van der Waals surface area (Å²) in [4.78, 5) is 4.57. The number of nitrogens with one attached hydrogen (secondary N) is 1. The van der Waals surface area contributed by atoms with Crippen molar-refractivity contribution in [1.29, 1.82) is 0 Å². The molecule has 0 radical (unpaired) electrons. The molecule has 0 spiro atoms. The van der Waals surface area contributed by atoms with E-state index >= 15 is 0 Å². The molecular formula is C18H27N3O2. The lowest BCUT2D eigenvalue weighted by molar-refractivity contribution is 0.358. The highest BCUT2D eigenvalue weighted by molar-refractivity contribution is 5.99. The standard InChI is InChI=1S/C18H27N3O2/c1-5-13(7-6-9-19)21-14-11-15(22-3)18(23-4)16-12(2)8-10-20-17(14)16/h8,10-11,13,21H,5-7,9,19H2,1-4H3. The molecule has 2 rings (SSSR count). The van der Waals surface area contributed by atoms with Crippen molar-refractivity contribution in [2.24, 2.45) is 5.73 Å². The van der Waals surface area contributed by atoms with Gasteiger partial charge in [-0.3, -0.25) is 4.98 Å². The van der Waals surface area contributed by atoms with E-state index < -0.39 is 0 Å². The van der Waals surface area contributed by atoms with Gasteiger partial charge in [-0.05, 0) is 44.4 Å². The maximum absolute atomic E-state index is 5.64. The first-order valence-corrected chi connectivity index (χ1v) is 8.13. The topological polar surface area (TPSA) is 69.4 Å². The van der Waals surface area contributed by atoms with Crippen LogP contribution in [0.5, 0.6) is 11.5 Å². The van der Waals surface area contributed by atoms with Gasteiger partial charge in [-0.2, -0.15) is 0 Å². The minimum atomic E-state index is 0.363. The summed E-state index contributed by atoms with van der Waals surface area (Å²) >= 11 is 0. The van der Waals surface area contributed by atoms with Gasteiger partial charge in [-0.25, -0.2) is 0 Å². The van der Waals surface area contributed by atoms with Crippen molar-refractivity contribution in [1.82, 2.24) is 4.98 Å². The molecule has 0 aliphatic rings. The normalized spacial score (nSPS) is 12.2. The molecule has 0 saturated heterocycles. The van der Waals surface area contributed by atoms with Crippen molar-refractivity contribution in [2.45, 2.75) is 39.2 Å². The number of hydrogen-bond acceptors (Lipinski definition) is 5. The highest BCUT2D eigenvalue weighted by Crippen LogP contribution is 2.41. The third-order valence-electron chi connectivity index (χ3n) is 4.17. The van der Waals surface area contributed by atoms with Crippen LogP contribution in [0.1, 0.15) is 31.7 Å². The molecule has 23 heavy (non-hydrogen) atoms. The van der Waals surface area contributed by atoms with E-state index in [1.54, 1.807) is 14.2 Å². The monoisotopic (exact) mass is 317 g/mol. The second kappa shape index (κ2) is 8.02. The second-order valence-corrected chi connectivity index (χ2v) is 5.69. The number of rotatable bonds is 8. The van der Waals surface area contributed by atoms with Crippen LogP contribution in [0.25, 0.3) is 10.9 Å². The summed E-state index contributed by atoms with van der Waals surface area (Å²) in [5, 5.41) is 4.60. The van der Waals surface area contributed by atoms with Gasteiger partial charge in [0.15, 0.2) is 11.5 Å². The molecule has 3 N–H and O–H groups in total. The number of fused-ring (bicyclic) bond motifs is 1. The molecule has 0 fully saturated rings. The lowest BCUT2D eigenvalue weighted by Gasteiger charge is -2.21. The Morgan fingerprint density at radius 3 is 2.70 bits per heavy atom. The number of aryl methyl sites for hydroxylation is 1. The summed E-state index contributed by atoms with van der Waals surface area (Å²) < 4.78 is 11.1. The van der Waals surface area contributed by atoms with Crippen LogP contribution in [-0.4, -0.2) is 31.8 Å². The number of nitrogens with two attached hydrogens (primary N) is 1. The molecule has 0 amide bonds. The average molecular weight is 317 g/mol. The smallest absolute Gasteiger partial charge is 0.170 e. The number of nitrogens with zero attached hydrogens (tertiary/aromatic N) is 1. The Morgan fingerprint density at radius 2 is 2.09 bits per heavy atom. The number of anilines is 1. The van der Waals surface area contributed by atoms with E-state index in [1.165, 1.54) is 0 Å². The zero-order valence-corrected chi connectivity index (χ0v) is 14.5. The minimum absolute atomic E-state index is 0.363. The Kier molecular flexibility index (Phi) is 6.04. The maximum Gasteiger partial charge on any atom is 0.170 e. The summed E-state index contributed by atoms with van der Waals surface area (Å²) in [6.45, 7) is 4.94. The molecule has 1 aromatic heterocycles. The predicted molar refractivity (Wildman–Crippen MR) is 95.6 cm³/mol. The molecule has 1 unspecified atom stereocenters. The SMILES string of the molecule is CCC(CCCN)Nc1cc(OC)c(OC)c2c(C)ccnc12. The van der Waals surface area contributed by atoms with E-state index in [4.69, 9.17) is 15.2 Å². The number of hydrogen-bond donors (Lipinski definition) is 2. The third kappa shape index (κ3) is 3.67. The fourth-order valence-corrected chi connectivity index (χ4v) is 2.86. The maximum atomic E-state index is 5.64. The van der Waals surface area contributed by atoms with Gasteiger partial charge in [0.05, 0.1) is 30.8 Å². The van der Waals surface area contributed by atoms with Gasteiger partial charge in [0.25, 0.3) is 0 Å². The van der Waals surface area contributed by atoms with Crippen molar-refractivity contribution >= 4 is 16.6 Å². The van der Waals surface area contributed by atoms with Gasteiger partial charge in [0.2, 0.25) is 0 Å². The van der Waals surface area contributed by atoms with E-state index in [1.807, 2.05) is 18.3 Å². The van der Waals surface area contributed by atoms with Crippen LogP contribution >= 0.6 is 0 Å². The molecule has 0 aliphatic carbocycles. The molecule has 0 bridgehead atoms. The fraction of sp³-hybridized carbons (Fsp3) is 0.500. The molecule has 126 valence electrons. The Hall–Kier alpha value is -2.01. The quantitative estimate of drug-likeness (QED) is 0.780. The molecule has 0 aliphatic heterocycles. The highest BCUT2D eigenvalue weighted by Gasteiger charge is 2.18. The summed E-state index contributed by atoms with van der Waals surface area (Å²) in [5.74, 6) is 1.45. The zero-order valence-electron chi connectivity index (χ0n) is 14.5. The van der Waals surface area contributed by atoms with Crippen molar-refractivity contribution in [3.8, 4) is 11.5 Å². The summed E-state index contributed by atoms with van der Waals surface area (Å²) in [5.41, 5.74) is 8.64. The number of benzene rings is 1. The molecule has 5 heteroatoms. The first-order valence-electron chi connectivity index (χ1n) is 8.13. The largest absolute Gasteiger partial charge is 0.493 e. The van der Waals surface area contributed by atoms with Gasteiger partial charge in [0, 0.05) is 18.3 Å². The summed E-state index contributed by atoms with van der Waals surface area (Å²) in [6.07, 6.45) is 4.90. The van der Waals surface area contributed by atoms with E-state index in [0.29, 0.717) is 18.3 Å². The Balaban J connectivity index is 2.53. The van der Waals surface area contributed by atoms with Crippen molar-refractivity contribution in [3.63, 3.8) is 0 Å². The Bertz CT molecular complexity index is 658. The van der Waals surface area contributed by atoms with Gasteiger partial charge in [0.1, 0.15) is 0 Å². The van der Waals surface area contributed by atoms with Crippen molar-refractivity contribution < 1.29 is 9.47 Å². The lowest BCUT2D eigenvalue weighted by Crippen LogP contribution is -2.20. The number of pyridine rings is 1. The molecule has 1 aromatic carbocycles. The molecule has 5 nitrogen and oxygen atoms in total. The number of ether oxygens (including phenoxy) is 2.